The van der Waals surface area contributed by atoms with Gasteiger partial charge in [0.25, 0.3) is 11.8 Å². The third kappa shape index (κ3) is 3.22. The summed E-state index contributed by atoms with van der Waals surface area (Å²) in [6, 6.07) is 3.03. The van der Waals surface area contributed by atoms with Crippen molar-refractivity contribution in [3.8, 4) is 0 Å². The van der Waals surface area contributed by atoms with Gasteiger partial charge in [-0.25, -0.2) is 0 Å². The first-order valence-corrected chi connectivity index (χ1v) is 9.50. The van der Waals surface area contributed by atoms with Crippen LogP contribution in [0, 0.1) is 5.41 Å². The minimum atomic E-state index is -4.39. The van der Waals surface area contributed by atoms with Crippen molar-refractivity contribution in [3.63, 3.8) is 0 Å². The molecule has 0 radical (unpaired) electrons. The topological polar surface area (TPSA) is 108 Å². The Morgan fingerprint density at radius 3 is 2.50 bits per heavy atom. The highest BCUT2D eigenvalue weighted by Crippen LogP contribution is 2.43. The Hall–Kier alpha value is -2.95. The summed E-state index contributed by atoms with van der Waals surface area (Å²) in [5.74, 6) is -2.57. The summed E-state index contributed by atoms with van der Waals surface area (Å²) in [6.07, 6.45) is -4.42. The molecule has 3 aliphatic rings. The van der Waals surface area contributed by atoms with E-state index in [-0.39, 0.29) is 55.7 Å². The van der Waals surface area contributed by atoms with Gasteiger partial charge in [0.15, 0.2) is 0 Å². The van der Waals surface area contributed by atoms with Crippen molar-refractivity contribution in [2.45, 2.75) is 31.5 Å². The molecule has 8 nitrogen and oxygen atoms in total. The predicted octanol–water partition coefficient (Wildman–Crippen LogP) is 1.04. The van der Waals surface area contributed by atoms with Crippen LogP contribution in [0.1, 0.15) is 40.0 Å². The number of carbonyl (C=O) groups excluding carboxylic acids is 4. The Kier molecular flexibility index (Phi) is 4.80. The van der Waals surface area contributed by atoms with Crippen LogP contribution < -0.4 is 16.0 Å². The summed E-state index contributed by atoms with van der Waals surface area (Å²) in [4.78, 5) is 49.7. The molecule has 1 aromatic carbocycles. The maximum Gasteiger partial charge on any atom is 0.397 e. The number of fused-ring (bicyclic) bond motifs is 1. The van der Waals surface area contributed by atoms with E-state index in [4.69, 9.17) is 0 Å². The number of piperidine rings is 1. The molecule has 160 valence electrons. The van der Waals surface area contributed by atoms with E-state index in [2.05, 4.69) is 16.0 Å². The average Bonchev–Trinajstić information content (AvgIpc) is 3.26. The van der Waals surface area contributed by atoms with Crippen LogP contribution in [-0.2, 0) is 9.59 Å². The molecular formula is C19H19F3N4O4. The summed E-state index contributed by atoms with van der Waals surface area (Å²) >= 11 is 0. The van der Waals surface area contributed by atoms with E-state index in [9.17, 15) is 32.3 Å². The summed E-state index contributed by atoms with van der Waals surface area (Å²) in [5.41, 5.74) is -1.55. The van der Waals surface area contributed by atoms with E-state index in [1.54, 1.807) is 0 Å². The molecule has 3 heterocycles. The third-order valence-electron chi connectivity index (χ3n) is 5.92. The van der Waals surface area contributed by atoms with Crippen molar-refractivity contribution >= 4 is 29.3 Å². The zero-order valence-electron chi connectivity index (χ0n) is 15.8. The average molecular weight is 424 g/mol. The Balaban J connectivity index is 1.54. The number of anilines is 1. The fourth-order valence-corrected chi connectivity index (χ4v) is 4.09. The van der Waals surface area contributed by atoms with E-state index < -0.39 is 41.3 Å². The summed E-state index contributed by atoms with van der Waals surface area (Å²) in [6.45, 7) is -0.310. The minimum Gasteiger partial charge on any atom is -0.384 e. The fourth-order valence-electron chi connectivity index (χ4n) is 4.09. The number of hydrogen-bond acceptors (Lipinski definition) is 6. The predicted molar refractivity (Wildman–Crippen MR) is 97.6 cm³/mol. The number of benzene rings is 1. The smallest absolute Gasteiger partial charge is 0.384 e. The highest BCUT2D eigenvalue weighted by molar-refractivity contribution is 6.23. The van der Waals surface area contributed by atoms with E-state index in [1.807, 2.05) is 0 Å². The van der Waals surface area contributed by atoms with Crippen LogP contribution in [0.25, 0.3) is 0 Å². The number of imide groups is 2. The van der Waals surface area contributed by atoms with Crippen LogP contribution in [0.5, 0.6) is 0 Å². The number of amides is 4. The lowest BCUT2D eigenvalue weighted by molar-refractivity contribution is -0.212. The van der Waals surface area contributed by atoms with Crippen molar-refractivity contribution < 1.29 is 32.3 Å². The zero-order chi connectivity index (χ0) is 21.7. The van der Waals surface area contributed by atoms with Crippen molar-refractivity contribution in [3.05, 3.63) is 29.3 Å². The number of nitrogens with zero attached hydrogens (tertiary/aromatic N) is 1. The van der Waals surface area contributed by atoms with E-state index >= 15 is 0 Å². The number of carbonyl (C=O) groups is 4. The highest BCUT2D eigenvalue weighted by atomic mass is 19.4. The van der Waals surface area contributed by atoms with Gasteiger partial charge in [-0.3, -0.25) is 29.4 Å². The molecule has 11 heteroatoms. The zero-order valence-corrected chi connectivity index (χ0v) is 15.8. The number of rotatable bonds is 4. The second kappa shape index (κ2) is 7.08. The van der Waals surface area contributed by atoms with Gasteiger partial charge in [0, 0.05) is 25.2 Å². The first-order chi connectivity index (χ1) is 14.1. The van der Waals surface area contributed by atoms with Crippen LogP contribution in [-0.4, -0.2) is 60.4 Å². The molecule has 0 aliphatic carbocycles. The minimum absolute atomic E-state index is 0.00414. The molecule has 30 heavy (non-hydrogen) atoms. The van der Waals surface area contributed by atoms with Crippen LogP contribution >= 0.6 is 0 Å². The number of halogens is 3. The van der Waals surface area contributed by atoms with Crippen molar-refractivity contribution in [2.75, 3.05) is 25.0 Å². The number of nitrogens with one attached hydrogen (secondary N) is 3. The Morgan fingerprint density at radius 2 is 1.87 bits per heavy atom. The summed E-state index contributed by atoms with van der Waals surface area (Å²) < 4.78 is 40.6. The van der Waals surface area contributed by atoms with Gasteiger partial charge in [0.1, 0.15) is 6.04 Å². The number of alkyl halides is 3. The Morgan fingerprint density at radius 1 is 1.13 bits per heavy atom. The quantitative estimate of drug-likeness (QED) is 0.624. The molecule has 4 amide bonds. The monoisotopic (exact) mass is 424 g/mol. The molecule has 2 atom stereocenters. The van der Waals surface area contributed by atoms with Crippen LogP contribution in [0.15, 0.2) is 18.2 Å². The Bertz CT molecular complexity index is 940. The van der Waals surface area contributed by atoms with E-state index in [0.29, 0.717) is 0 Å². The second-order valence-electron chi connectivity index (χ2n) is 7.77. The van der Waals surface area contributed by atoms with Gasteiger partial charge in [0.05, 0.1) is 16.5 Å². The molecular weight excluding hydrogens is 405 g/mol. The molecule has 2 fully saturated rings. The molecule has 0 aromatic heterocycles. The van der Waals surface area contributed by atoms with Crippen LogP contribution in [0.3, 0.4) is 0 Å². The SMILES string of the molecule is O=C1CCC(N2C(=O)c3ccc(NCC4(C(F)(F)F)CCNC4)cc3C2=O)C(=O)N1. The van der Waals surface area contributed by atoms with Gasteiger partial charge in [0.2, 0.25) is 11.8 Å². The van der Waals surface area contributed by atoms with Gasteiger partial charge in [-0.15, -0.1) is 0 Å². The normalized spacial score (nSPS) is 26.8. The first kappa shape index (κ1) is 20.3. The summed E-state index contributed by atoms with van der Waals surface area (Å²) in [5, 5.41) is 7.58. The molecule has 3 aliphatic heterocycles. The van der Waals surface area contributed by atoms with Crippen molar-refractivity contribution in [1.29, 1.82) is 0 Å². The van der Waals surface area contributed by atoms with Crippen molar-refractivity contribution in [1.82, 2.24) is 15.5 Å². The van der Waals surface area contributed by atoms with Gasteiger partial charge < -0.3 is 10.6 Å². The van der Waals surface area contributed by atoms with Crippen LogP contribution in [0.2, 0.25) is 0 Å². The molecule has 3 N–H and O–H groups in total. The molecule has 2 saturated heterocycles. The standard InChI is InChI=1S/C19H19F3N4O4/c20-19(21,22)18(5-6-23-8-18)9-24-10-1-2-11-12(7-10)17(30)26(16(11)29)13-3-4-14(27)25-15(13)28/h1-2,7,13,23-24H,3-6,8-9H2,(H,25,27,28). The molecule has 2 unspecified atom stereocenters. The number of hydrogen-bond donors (Lipinski definition) is 3. The molecule has 4 rings (SSSR count). The maximum atomic E-state index is 13.5. The van der Waals surface area contributed by atoms with Gasteiger partial charge in [-0.1, -0.05) is 0 Å². The lowest BCUT2D eigenvalue weighted by Gasteiger charge is -2.31. The lowest BCUT2D eigenvalue weighted by Crippen LogP contribution is -2.54. The van der Waals surface area contributed by atoms with E-state index in [1.165, 1.54) is 18.2 Å². The highest BCUT2D eigenvalue weighted by Gasteiger charge is 2.56. The first-order valence-electron chi connectivity index (χ1n) is 9.50. The lowest BCUT2D eigenvalue weighted by atomic mass is 9.86. The Labute approximate surface area is 169 Å². The molecule has 0 spiro atoms. The van der Waals surface area contributed by atoms with Crippen LogP contribution in [0.4, 0.5) is 18.9 Å². The molecule has 0 saturated carbocycles. The third-order valence-corrected chi connectivity index (χ3v) is 5.92. The van der Waals surface area contributed by atoms with Gasteiger partial charge in [-0.2, -0.15) is 13.2 Å². The van der Waals surface area contributed by atoms with Gasteiger partial charge in [-0.05, 0) is 37.6 Å². The second-order valence-corrected chi connectivity index (χ2v) is 7.77. The summed E-state index contributed by atoms with van der Waals surface area (Å²) in [7, 11) is 0. The van der Waals surface area contributed by atoms with Gasteiger partial charge >= 0.3 is 6.18 Å². The molecule has 1 aromatic rings. The van der Waals surface area contributed by atoms with Crippen molar-refractivity contribution in [2.24, 2.45) is 5.41 Å². The maximum absolute atomic E-state index is 13.5. The molecule has 0 bridgehead atoms. The fraction of sp³-hybridized carbons (Fsp3) is 0.474. The van der Waals surface area contributed by atoms with E-state index in [0.717, 1.165) is 4.90 Å². The largest absolute Gasteiger partial charge is 0.397 e.